The molecule has 0 aliphatic heterocycles. The van der Waals surface area contributed by atoms with Gasteiger partial charge in [0.25, 0.3) is 0 Å². The van der Waals surface area contributed by atoms with Gasteiger partial charge in [0.1, 0.15) is 6.10 Å². The van der Waals surface area contributed by atoms with Crippen molar-refractivity contribution < 1.29 is 14.6 Å². The average molecular weight is 220 g/mol. The van der Waals surface area contributed by atoms with E-state index >= 15 is 0 Å². The fourth-order valence-corrected chi connectivity index (χ4v) is 2.38. The van der Waals surface area contributed by atoms with Gasteiger partial charge in [-0.25, -0.2) is 4.79 Å². The van der Waals surface area contributed by atoms with E-state index in [0.29, 0.717) is 5.92 Å². The zero-order chi connectivity index (χ0) is 11.4. The van der Waals surface area contributed by atoms with Gasteiger partial charge in [-0.3, -0.25) is 0 Å². The van der Waals surface area contributed by atoms with Gasteiger partial charge in [0.15, 0.2) is 0 Å². The molecule has 3 heteroatoms. The average Bonchev–Trinajstić information content (AvgIpc) is 2.30. The Kier molecular flexibility index (Phi) is 3.44. The van der Waals surface area contributed by atoms with E-state index in [4.69, 9.17) is 9.84 Å². The first-order valence-electron chi connectivity index (χ1n) is 5.70. The molecule has 0 bridgehead atoms. The lowest BCUT2D eigenvalue weighted by Gasteiger charge is -2.27. The summed E-state index contributed by atoms with van der Waals surface area (Å²) >= 11 is 0. The second-order valence-corrected chi connectivity index (χ2v) is 4.27. The van der Waals surface area contributed by atoms with Crippen LogP contribution in [0.2, 0.25) is 0 Å². The third kappa shape index (κ3) is 2.75. The summed E-state index contributed by atoms with van der Waals surface area (Å²) < 4.78 is 4.79. The van der Waals surface area contributed by atoms with Crippen LogP contribution in [0.15, 0.2) is 30.3 Å². The molecule has 16 heavy (non-hydrogen) atoms. The van der Waals surface area contributed by atoms with Crippen molar-refractivity contribution in [2.24, 2.45) is 0 Å². The normalized spacial score (nSPS) is 25.0. The van der Waals surface area contributed by atoms with E-state index < -0.39 is 6.16 Å². The van der Waals surface area contributed by atoms with Crippen LogP contribution in [0, 0.1) is 0 Å². The summed E-state index contributed by atoms with van der Waals surface area (Å²) in [6, 6.07) is 10.4. The monoisotopic (exact) mass is 220 g/mol. The number of rotatable bonds is 2. The van der Waals surface area contributed by atoms with Gasteiger partial charge in [0, 0.05) is 0 Å². The Morgan fingerprint density at radius 1 is 1.12 bits per heavy atom. The number of benzene rings is 1. The Morgan fingerprint density at radius 2 is 1.75 bits per heavy atom. The Bertz CT molecular complexity index is 339. The van der Waals surface area contributed by atoms with E-state index in [-0.39, 0.29) is 6.10 Å². The lowest BCUT2D eigenvalue weighted by Crippen LogP contribution is -2.22. The summed E-state index contributed by atoms with van der Waals surface area (Å²) in [7, 11) is 0. The smallest absolute Gasteiger partial charge is 0.450 e. The Balaban J connectivity index is 1.88. The van der Waals surface area contributed by atoms with E-state index in [1.165, 1.54) is 5.56 Å². The third-order valence-corrected chi connectivity index (χ3v) is 3.21. The zero-order valence-electron chi connectivity index (χ0n) is 9.13. The van der Waals surface area contributed by atoms with Gasteiger partial charge in [0.05, 0.1) is 0 Å². The van der Waals surface area contributed by atoms with Crippen molar-refractivity contribution in [2.45, 2.75) is 37.7 Å². The van der Waals surface area contributed by atoms with Gasteiger partial charge in [0.2, 0.25) is 0 Å². The van der Waals surface area contributed by atoms with Crippen LogP contribution in [0.5, 0.6) is 0 Å². The fourth-order valence-electron chi connectivity index (χ4n) is 2.38. The summed E-state index contributed by atoms with van der Waals surface area (Å²) in [5, 5.41) is 8.53. The van der Waals surface area contributed by atoms with Crippen LogP contribution in [0.3, 0.4) is 0 Å². The molecule has 1 saturated carbocycles. The predicted molar refractivity (Wildman–Crippen MR) is 60.5 cm³/mol. The molecule has 0 unspecified atom stereocenters. The lowest BCUT2D eigenvalue weighted by molar-refractivity contribution is 0.0332. The molecule has 1 aliphatic rings. The van der Waals surface area contributed by atoms with Crippen LogP contribution in [-0.4, -0.2) is 17.4 Å². The summed E-state index contributed by atoms with van der Waals surface area (Å²) in [6.45, 7) is 0. The maximum atomic E-state index is 10.4. The molecule has 0 aromatic heterocycles. The highest BCUT2D eigenvalue weighted by atomic mass is 16.7. The standard InChI is InChI=1S/C13H16O3/c14-13(15)16-12-8-6-11(7-9-12)10-4-2-1-3-5-10/h1-5,11-12H,6-9H2,(H,14,15)/t11-,12+. The summed E-state index contributed by atoms with van der Waals surface area (Å²) in [4.78, 5) is 10.4. The quantitative estimate of drug-likeness (QED) is 0.777. The molecule has 3 nitrogen and oxygen atoms in total. The molecule has 0 radical (unpaired) electrons. The van der Waals surface area contributed by atoms with Crippen LogP contribution in [-0.2, 0) is 4.74 Å². The summed E-state index contributed by atoms with van der Waals surface area (Å²) in [5.74, 6) is 0.565. The third-order valence-electron chi connectivity index (χ3n) is 3.21. The van der Waals surface area contributed by atoms with Crippen molar-refractivity contribution in [3.05, 3.63) is 35.9 Å². The maximum Gasteiger partial charge on any atom is 0.506 e. The van der Waals surface area contributed by atoms with Crippen molar-refractivity contribution in [3.8, 4) is 0 Å². The molecular weight excluding hydrogens is 204 g/mol. The highest BCUT2D eigenvalue weighted by Crippen LogP contribution is 2.33. The highest BCUT2D eigenvalue weighted by molar-refractivity contribution is 5.57. The van der Waals surface area contributed by atoms with Crippen molar-refractivity contribution in [1.29, 1.82) is 0 Å². The minimum absolute atomic E-state index is 0.0996. The number of carboxylic acid groups (broad SMARTS) is 1. The number of ether oxygens (including phenoxy) is 1. The Hall–Kier alpha value is -1.51. The molecule has 1 aromatic rings. The minimum atomic E-state index is -1.15. The molecule has 1 aromatic carbocycles. The van der Waals surface area contributed by atoms with E-state index in [9.17, 15) is 4.79 Å². The van der Waals surface area contributed by atoms with Crippen molar-refractivity contribution in [2.75, 3.05) is 0 Å². The molecule has 0 heterocycles. The van der Waals surface area contributed by atoms with Crippen molar-refractivity contribution >= 4 is 6.16 Å². The topological polar surface area (TPSA) is 46.5 Å². The first kappa shape index (κ1) is 11.0. The predicted octanol–water partition coefficient (Wildman–Crippen LogP) is 3.41. The van der Waals surface area contributed by atoms with Crippen LogP contribution in [0.1, 0.15) is 37.2 Å². The Morgan fingerprint density at radius 3 is 2.31 bits per heavy atom. The maximum absolute atomic E-state index is 10.4. The molecule has 0 atom stereocenters. The molecule has 0 spiro atoms. The molecular formula is C13H16O3. The van der Waals surface area contributed by atoms with Gasteiger partial charge in [-0.05, 0) is 37.2 Å². The van der Waals surface area contributed by atoms with Gasteiger partial charge in [-0.1, -0.05) is 30.3 Å². The van der Waals surface area contributed by atoms with Crippen LogP contribution < -0.4 is 0 Å². The molecule has 86 valence electrons. The second-order valence-electron chi connectivity index (χ2n) is 4.27. The van der Waals surface area contributed by atoms with E-state index in [2.05, 4.69) is 24.3 Å². The minimum Gasteiger partial charge on any atom is -0.450 e. The van der Waals surface area contributed by atoms with E-state index in [1.807, 2.05) is 6.07 Å². The molecule has 1 aliphatic carbocycles. The molecule has 1 fully saturated rings. The van der Waals surface area contributed by atoms with Gasteiger partial charge >= 0.3 is 6.16 Å². The number of hydrogen-bond donors (Lipinski definition) is 1. The van der Waals surface area contributed by atoms with Gasteiger partial charge in [-0.15, -0.1) is 0 Å². The zero-order valence-corrected chi connectivity index (χ0v) is 9.13. The number of carbonyl (C=O) groups is 1. The van der Waals surface area contributed by atoms with Crippen LogP contribution >= 0.6 is 0 Å². The fraction of sp³-hybridized carbons (Fsp3) is 0.462. The van der Waals surface area contributed by atoms with Crippen LogP contribution in [0.25, 0.3) is 0 Å². The first-order chi connectivity index (χ1) is 7.75. The van der Waals surface area contributed by atoms with E-state index in [0.717, 1.165) is 25.7 Å². The number of hydrogen-bond acceptors (Lipinski definition) is 2. The van der Waals surface area contributed by atoms with Gasteiger partial charge in [-0.2, -0.15) is 0 Å². The van der Waals surface area contributed by atoms with Crippen molar-refractivity contribution in [1.82, 2.24) is 0 Å². The Labute approximate surface area is 95.0 Å². The molecule has 2 rings (SSSR count). The second kappa shape index (κ2) is 5.01. The van der Waals surface area contributed by atoms with E-state index in [1.54, 1.807) is 0 Å². The lowest BCUT2D eigenvalue weighted by atomic mass is 9.83. The first-order valence-corrected chi connectivity index (χ1v) is 5.70. The highest BCUT2D eigenvalue weighted by Gasteiger charge is 2.24. The summed E-state index contributed by atoms with van der Waals surface area (Å²) in [6.07, 6.45) is 2.46. The summed E-state index contributed by atoms with van der Waals surface area (Å²) in [5.41, 5.74) is 1.36. The molecule has 1 N–H and O–H groups in total. The molecule has 0 amide bonds. The van der Waals surface area contributed by atoms with Crippen molar-refractivity contribution in [3.63, 3.8) is 0 Å². The van der Waals surface area contributed by atoms with Gasteiger partial charge < -0.3 is 9.84 Å². The largest absolute Gasteiger partial charge is 0.506 e. The SMILES string of the molecule is O=C(O)O[C@H]1CC[C@@H](c2ccccc2)CC1. The molecule has 0 saturated heterocycles. The van der Waals surface area contributed by atoms with Crippen LogP contribution in [0.4, 0.5) is 4.79 Å².